The van der Waals surface area contributed by atoms with Crippen molar-refractivity contribution in [3.05, 3.63) is 54.1 Å². The van der Waals surface area contributed by atoms with Crippen LogP contribution in [0.4, 0.5) is 10.5 Å². The first-order valence-corrected chi connectivity index (χ1v) is 6.89. The SMILES string of the molecule is CCCCc1ccc(-c2ccccc2NC(=O)O)cc1. The molecule has 0 aromatic heterocycles. The zero-order valence-electron chi connectivity index (χ0n) is 11.6. The van der Waals surface area contributed by atoms with Gasteiger partial charge in [-0.25, -0.2) is 4.79 Å². The summed E-state index contributed by atoms with van der Waals surface area (Å²) in [6.45, 7) is 2.18. The topological polar surface area (TPSA) is 49.3 Å². The molecular weight excluding hydrogens is 250 g/mol. The maximum absolute atomic E-state index is 10.8. The van der Waals surface area contributed by atoms with Gasteiger partial charge < -0.3 is 5.11 Å². The summed E-state index contributed by atoms with van der Waals surface area (Å²) in [6.07, 6.45) is 2.42. The minimum absolute atomic E-state index is 0.612. The molecule has 1 amide bonds. The Kier molecular flexibility index (Phi) is 4.77. The van der Waals surface area contributed by atoms with Gasteiger partial charge in [0.25, 0.3) is 0 Å². The molecule has 0 bridgehead atoms. The molecule has 3 heteroatoms. The van der Waals surface area contributed by atoms with E-state index < -0.39 is 6.09 Å². The monoisotopic (exact) mass is 269 g/mol. The average Bonchev–Trinajstić information content (AvgIpc) is 2.46. The second-order valence-electron chi connectivity index (χ2n) is 4.78. The van der Waals surface area contributed by atoms with Crippen LogP contribution >= 0.6 is 0 Å². The van der Waals surface area contributed by atoms with Gasteiger partial charge in [0, 0.05) is 5.56 Å². The number of unbranched alkanes of at least 4 members (excludes halogenated alkanes) is 1. The van der Waals surface area contributed by atoms with Gasteiger partial charge in [0.05, 0.1) is 5.69 Å². The number of rotatable bonds is 5. The zero-order valence-corrected chi connectivity index (χ0v) is 11.6. The molecule has 0 heterocycles. The Morgan fingerprint density at radius 3 is 2.45 bits per heavy atom. The molecule has 0 unspecified atom stereocenters. The fourth-order valence-electron chi connectivity index (χ4n) is 2.19. The summed E-state index contributed by atoms with van der Waals surface area (Å²) in [7, 11) is 0. The number of para-hydroxylation sites is 1. The van der Waals surface area contributed by atoms with Crippen LogP contribution in [0.25, 0.3) is 11.1 Å². The molecule has 0 aliphatic rings. The Hall–Kier alpha value is -2.29. The van der Waals surface area contributed by atoms with Gasteiger partial charge in [-0.15, -0.1) is 0 Å². The normalized spacial score (nSPS) is 10.2. The fourth-order valence-corrected chi connectivity index (χ4v) is 2.19. The highest BCUT2D eigenvalue weighted by molar-refractivity contribution is 5.90. The van der Waals surface area contributed by atoms with Gasteiger partial charge in [-0.2, -0.15) is 0 Å². The van der Waals surface area contributed by atoms with E-state index in [-0.39, 0.29) is 0 Å². The highest BCUT2D eigenvalue weighted by Gasteiger charge is 2.06. The molecule has 0 saturated carbocycles. The largest absolute Gasteiger partial charge is 0.465 e. The molecular formula is C17H19NO2. The van der Waals surface area contributed by atoms with Crippen LogP contribution in [0, 0.1) is 0 Å². The molecule has 20 heavy (non-hydrogen) atoms. The van der Waals surface area contributed by atoms with E-state index in [0.717, 1.165) is 17.5 Å². The quantitative estimate of drug-likeness (QED) is 0.820. The summed E-state index contributed by atoms with van der Waals surface area (Å²) in [5, 5.41) is 11.3. The maximum Gasteiger partial charge on any atom is 0.409 e. The highest BCUT2D eigenvalue weighted by Crippen LogP contribution is 2.28. The van der Waals surface area contributed by atoms with Gasteiger partial charge in [-0.1, -0.05) is 55.8 Å². The van der Waals surface area contributed by atoms with E-state index in [0.29, 0.717) is 5.69 Å². The Labute approximate surface area is 119 Å². The van der Waals surface area contributed by atoms with Crippen molar-refractivity contribution in [1.82, 2.24) is 0 Å². The summed E-state index contributed by atoms with van der Waals surface area (Å²) in [5.41, 5.74) is 3.85. The molecule has 2 N–H and O–H groups in total. The van der Waals surface area contributed by atoms with Gasteiger partial charge in [0.1, 0.15) is 0 Å². The van der Waals surface area contributed by atoms with E-state index in [1.165, 1.54) is 18.4 Å². The molecule has 0 fully saturated rings. The third-order valence-corrected chi connectivity index (χ3v) is 3.25. The Morgan fingerprint density at radius 2 is 1.80 bits per heavy atom. The third-order valence-electron chi connectivity index (χ3n) is 3.25. The number of aryl methyl sites for hydroxylation is 1. The Bertz CT molecular complexity index is 576. The van der Waals surface area contributed by atoms with Crippen LogP contribution in [-0.2, 0) is 6.42 Å². The fraction of sp³-hybridized carbons (Fsp3) is 0.235. The smallest absolute Gasteiger partial charge is 0.409 e. The van der Waals surface area contributed by atoms with Crippen molar-refractivity contribution in [3.63, 3.8) is 0 Å². The third kappa shape index (κ3) is 3.60. The van der Waals surface area contributed by atoms with E-state index in [2.05, 4.69) is 24.4 Å². The summed E-state index contributed by atoms with van der Waals surface area (Å²) < 4.78 is 0. The number of carbonyl (C=O) groups is 1. The first-order chi connectivity index (χ1) is 9.70. The Morgan fingerprint density at radius 1 is 1.10 bits per heavy atom. The van der Waals surface area contributed by atoms with Crippen LogP contribution in [0.2, 0.25) is 0 Å². The second-order valence-corrected chi connectivity index (χ2v) is 4.78. The molecule has 0 radical (unpaired) electrons. The van der Waals surface area contributed by atoms with Crippen molar-refractivity contribution in [2.45, 2.75) is 26.2 Å². The molecule has 0 aliphatic carbocycles. The Balaban J connectivity index is 2.25. The number of nitrogens with one attached hydrogen (secondary N) is 1. The van der Waals surface area contributed by atoms with Crippen molar-refractivity contribution < 1.29 is 9.90 Å². The number of hydrogen-bond acceptors (Lipinski definition) is 1. The first-order valence-electron chi connectivity index (χ1n) is 6.89. The van der Waals surface area contributed by atoms with Crippen molar-refractivity contribution in [3.8, 4) is 11.1 Å². The zero-order chi connectivity index (χ0) is 14.4. The number of anilines is 1. The predicted molar refractivity (Wildman–Crippen MR) is 82.1 cm³/mol. The van der Waals surface area contributed by atoms with E-state index in [4.69, 9.17) is 5.11 Å². The highest BCUT2D eigenvalue weighted by atomic mass is 16.4. The number of hydrogen-bond donors (Lipinski definition) is 2. The second kappa shape index (κ2) is 6.75. The van der Waals surface area contributed by atoms with E-state index in [1.54, 1.807) is 6.07 Å². The van der Waals surface area contributed by atoms with Crippen molar-refractivity contribution in [2.24, 2.45) is 0 Å². The lowest BCUT2D eigenvalue weighted by atomic mass is 10.0. The minimum Gasteiger partial charge on any atom is -0.465 e. The molecule has 2 aromatic rings. The summed E-state index contributed by atoms with van der Waals surface area (Å²) in [4.78, 5) is 10.8. The molecule has 0 saturated heterocycles. The van der Waals surface area contributed by atoms with Crippen LogP contribution in [0.3, 0.4) is 0 Å². The van der Waals surface area contributed by atoms with Crippen LogP contribution in [0.15, 0.2) is 48.5 Å². The first kappa shape index (κ1) is 14.1. The number of benzene rings is 2. The van der Waals surface area contributed by atoms with Gasteiger partial charge in [0.15, 0.2) is 0 Å². The van der Waals surface area contributed by atoms with Gasteiger partial charge in [-0.05, 0) is 30.0 Å². The van der Waals surface area contributed by atoms with Gasteiger partial charge in [-0.3, -0.25) is 5.32 Å². The molecule has 104 valence electrons. The van der Waals surface area contributed by atoms with Crippen LogP contribution < -0.4 is 5.32 Å². The predicted octanol–water partition coefficient (Wildman–Crippen LogP) is 4.79. The lowest BCUT2D eigenvalue weighted by Crippen LogP contribution is -2.08. The number of carboxylic acid groups (broad SMARTS) is 1. The average molecular weight is 269 g/mol. The van der Waals surface area contributed by atoms with Gasteiger partial charge >= 0.3 is 6.09 Å². The minimum atomic E-state index is -1.04. The van der Waals surface area contributed by atoms with Crippen LogP contribution in [0.5, 0.6) is 0 Å². The summed E-state index contributed by atoms with van der Waals surface area (Å²) >= 11 is 0. The lowest BCUT2D eigenvalue weighted by molar-refractivity contribution is 0.210. The molecule has 2 aromatic carbocycles. The molecule has 0 atom stereocenters. The van der Waals surface area contributed by atoms with E-state index in [1.807, 2.05) is 30.3 Å². The van der Waals surface area contributed by atoms with Crippen molar-refractivity contribution in [1.29, 1.82) is 0 Å². The lowest BCUT2D eigenvalue weighted by Gasteiger charge is -2.10. The standard InChI is InChI=1S/C17H19NO2/c1-2-3-6-13-9-11-14(12-10-13)15-7-4-5-8-16(15)18-17(19)20/h4-5,7-12,18H,2-3,6H2,1H3,(H,19,20). The van der Waals surface area contributed by atoms with Crippen LogP contribution in [0.1, 0.15) is 25.3 Å². The molecule has 0 spiro atoms. The molecule has 0 aliphatic heterocycles. The summed E-state index contributed by atoms with van der Waals surface area (Å²) in [5.74, 6) is 0. The summed E-state index contributed by atoms with van der Waals surface area (Å²) in [6, 6.07) is 15.8. The van der Waals surface area contributed by atoms with E-state index in [9.17, 15) is 4.79 Å². The maximum atomic E-state index is 10.8. The number of amides is 1. The van der Waals surface area contributed by atoms with Crippen molar-refractivity contribution in [2.75, 3.05) is 5.32 Å². The van der Waals surface area contributed by atoms with E-state index >= 15 is 0 Å². The van der Waals surface area contributed by atoms with Crippen LogP contribution in [-0.4, -0.2) is 11.2 Å². The molecule has 3 nitrogen and oxygen atoms in total. The van der Waals surface area contributed by atoms with Crippen molar-refractivity contribution >= 4 is 11.8 Å². The molecule has 2 rings (SSSR count). The van der Waals surface area contributed by atoms with Gasteiger partial charge in [0.2, 0.25) is 0 Å².